The van der Waals surface area contributed by atoms with E-state index >= 15 is 17.6 Å². The number of nitrogens with zero attached hydrogens (tertiary/aromatic N) is 2. The average Bonchev–Trinajstić information content (AvgIpc) is 3.87. The monoisotopic (exact) mass is 1040 g/mol. The van der Waals surface area contributed by atoms with Crippen molar-refractivity contribution in [3.8, 4) is 22.4 Å². The number of halogens is 10. The third-order valence-corrected chi connectivity index (χ3v) is 13.1. The van der Waals surface area contributed by atoms with Gasteiger partial charge in [-0.25, -0.2) is 4.99 Å². The first-order valence-corrected chi connectivity index (χ1v) is 24.5. The molecular weight excluding hydrogens is 969 g/mol. The van der Waals surface area contributed by atoms with E-state index in [1.54, 1.807) is 42.5 Å². The van der Waals surface area contributed by atoms with Crippen molar-refractivity contribution in [2.24, 2.45) is 10.4 Å². The molecule has 0 unspecified atom stereocenters. The number of benzene rings is 4. The molecule has 1 aliphatic heterocycles. The first-order valence-electron chi connectivity index (χ1n) is 24.5. The highest BCUT2D eigenvalue weighted by Gasteiger charge is 2.60. The van der Waals surface area contributed by atoms with Crippen molar-refractivity contribution in [3.63, 3.8) is 0 Å². The zero-order chi connectivity index (χ0) is 55.6. The van der Waals surface area contributed by atoms with Gasteiger partial charge in [-0.3, -0.25) is 0 Å². The van der Waals surface area contributed by atoms with Crippen molar-refractivity contribution in [2.45, 2.75) is 150 Å². The third kappa shape index (κ3) is 12.6. The molecule has 2 heterocycles. The van der Waals surface area contributed by atoms with E-state index in [9.17, 15) is 26.3 Å². The van der Waals surface area contributed by atoms with E-state index in [1.807, 2.05) is 129 Å². The van der Waals surface area contributed by atoms with Crippen LogP contribution in [0.1, 0.15) is 143 Å². The predicted molar refractivity (Wildman–Crippen MR) is 279 cm³/mol. The fraction of sp³-hybridized carbons (Fsp3) is 0.441. The maximum atomic E-state index is 15.1. The smallest absolute Gasteiger partial charge is 0.385 e. The molecule has 0 saturated carbocycles. The van der Waals surface area contributed by atoms with Crippen LogP contribution in [-0.4, -0.2) is 54.9 Å². The van der Waals surface area contributed by atoms with Crippen LogP contribution in [0.25, 0.3) is 33.5 Å². The lowest BCUT2D eigenvalue weighted by Crippen LogP contribution is -2.48. The summed E-state index contributed by atoms with van der Waals surface area (Å²) in [6.07, 6.45) is -10.5. The molecule has 0 N–H and O–H groups in total. The van der Waals surface area contributed by atoms with Crippen molar-refractivity contribution in [1.82, 2.24) is 4.48 Å². The van der Waals surface area contributed by atoms with Crippen LogP contribution in [0.4, 0.5) is 43.9 Å². The Morgan fingerprint density at radius 2 is 0.797 bits per heavy atom. The summed E-state index contributed by atoms with van der Waals surface area (Å²) in [4.78, 5) is 5.33. The van der Waals surface area contributed by atoms with E-state index in [2.05, 4.69) is 41.5 Å². The van der Waals surface area contributed by atoms with Gasteiger partial charge in [0, 0.05) is 33.7 Å². The minimum atomic E-state index is -6.21. The van der Waals surface area contributed by atoms with Crippen LogP contribution >= 0.6 is 0 Å². The number of rotatable bonds is 12. The van der Waals surface area contributed by atoms with E-state index in [-0.39, 0.29) is 33.2 Å². The van der Waals surface area contributed by atoms with Gasteiger partial charge in [0.15, 0.2) is 0 Å². The molecule has 5 aromatic rings. The predicted octanol–water partition coefficient (Wildman–Crippen LogP) is 17.6. The summed E-state index contributed by atoms with van der Waals surface area (Å²) in [7, 11) is -2.77. The Balaban J connectivity index is 1.84. The van der Waals surface area contributed by atoms with Gasteiger partial charge in [-0.05, 0) is 78.2 Å². The molecule has 0 radical (unpaired) electrons. The minimum Gasteiger partial charge on any atom is -0.385 e. The lowest BCUT2D eigenvalue weighted by Gasteiger charge is -2.31. The topological polar surface area (TPSA) is 35.8 Å². The molecule has 0 saturated heterocycles. The van der Waals surface area contributed by atoms with Crippen molar-refractivity contribution < 1.29 is 53.2 Å². The standard InChI is InChI=1S/C59H67BF10N2O2/c1-51(2,3)40-24-16-36(17-25-40)44-32-46(38-20-28-42(29-21-38)53(7,8)9)71-49(44)48(55(13,14)15)50-45(37-18-26-41(27-19-37)52(4,5)6)33-47(39-22-30-43(31-23-39)54(10,11)12)72(50)60(73-34-56(61,62)58(65,66)67)74-35-57(63,64)59(68,69)70/h16-33H,34-35H2,1-15H3/b49-48+. The summed E-state index contributed by atoms with van der Waals surface area (Å²) in [5.74, 6) is -11.2. The molecule has 6 rings (SSSR count). The summed E-state index contributed by atoms with van der Waals surface area (Å²) in [5, 5.41) is 0. The summed E-state index contributed by atoms with van der Waals surface area (Å²) in [6, 6.07) is 31.4. The molecule has 0 amide bonds. The number of hydrogen-bond acceptors (Lipinski definition) is 3. The van der Waals surface area contributed by atoms with Gasteiger partial charge in [-0.15, -0.1) is 0 Å². The zero-order valence-corrected chi connectivity index (χ0v) is 44.9. The molecule has 15 heteroatoms. The Morgan fingerprint density at radius 1 is 0.459 bits per heavy atom. The highest BCUT2D eigenvalue weighted by atomic mass is 19.4. The van der Waals surface area contributed by atoms with Crippen molar-refractivity contribution in [3.05, 3.63) is 154 Å². The average molecular weight is 1040 g/mol. The van der Waals surface area contributed by atoms with Crippen LogP contribution < -0.4 is 0 Å². The fourth-order valence-corrected chi connectivity index (χ4v) is 8.53. The van der Waals surface area contributed by atoms with Crippen molar-refractivity contribution >= 4 is 24.1 Å². The van der Waals surface area contributed by atoms with Gasteiger partial charge in [0.05, 0.1) is 11.4 Å². The molecule has 398 valence electrons. The molecule has 4 aromatic carbocycles. The van der Waals surface area contributed by atoms with Gasteiger partial charge in [0.25, 0.3) is 0 Å². The zero-order valence-electron chi connectivity index (χ0n) is 44.9. The lowest BCUT2D eigenvalue weighted by atomic mass is 9.78. The van der Waals surface area contributed by atoms with Crippen LogP contribution in [-0.2, 0) is 31.0 Å². The number of aliphatic imine (C=N–C) groups is 1. The maximum absolute atomic E-state index is 15.1. The molecule has 4 nitrogen and oxygen atoms in total. The van der Waals surface area contributed by atoms with Gasteiger partial charge < -0.3 is 13.8 Å². The van der Waals surface area contributed by atoms with Crippen LogP contribution in [0.2, 0.25) is 0 Å². The number of hydrogen-bond donors (Lipinski definition) is 0. The van der Waals surface area contributed by atoms with Crippen LogP contribution in [0.3, 0.4) is 0 Å². The molecule has 0 bridgehead atoms. The summed E-state index contributed by atoms with van der Waals surface area (Å²) in [6.45, 7) is 24.8. The Labute approximate surface area is 430 Å². The maximum Gasteiger partial charge on any atom is 0.598 e. The second-order valence-corrected chi connectivity index (χ2v) is 24.3. The summed E-state index contributed by atoms with van der Waals surface area (Å²) >= 11 is 0. The number of allylic oxidation sites excluding steroid dienone is 3. The van der Waals surface area contributed by atoms with Crippen molar-refractivity contribution in [2.75, 3.05) is 13.2 Å². The van der Waals surface area contributed by atoms with Gasteiger partial charge >= 0.3 is 31.5 Å². The Morgan fingerprint density at radius 3 is 1.14 bits per heavy atom. The van der Waals surface area contributed by atoms with Crippen LogP contribution in [0, 0.1) is 5.41 Å². The number of alkyl halides is 10. The fourth-order valence-electron chi connectivity index (χ4n) is 8.53. The Bertz CT molecular complexity index is 2860. The van der Waals surface area contributed by atoms with Crippen molar-refractivity contribution in [1.29, 1.82) is 0 Å². The molecule has 0 aliphatic carbocycles. The SMILES string of the molecule is CC(C)(C)/C(=C1/N=C(c2ccc(C(C)(C)C)cc2)C=C1c1ccc(C(C)(C)C)cc1)c1c(-c2ccc(C(C)(C)C)cc2)cc(-c2ccc(C(C)(C)C)cc2)n1B(OCC(F)(F)C(F)(F)F)OCC(F)(F)C(F)(F)F. The minimum absolute atomic E-state index is 0.00755. The highest BCUT2D eigenvalue weighted by molar-refractivity contribution is 6.44. The molecule has 1 aromatic heterocycles. The molecule has 1 aliphatic rings. The summed E-state index contributed by atoms with van der Waals surface area (Å²) < 4.78 is 156. The quantitative estimate of drug-likeness (QED) is 0.0922. The van der Waals surface area contributed by atoms with Gasteiger partial charge in [0.2, 0.25) is 0 Å². The molecule has 0 atom stereocenters. The highest BCUT2D eigenvalue weighted by Crippen LogP contribution is 2.50. The van der Waals surface area contributed by atoms with E-state index in [0.717, 1.165) is 26.7 Å². The second kappa shape index (κ2) is 19.9. The summed E-state index contributed by atoms with van der Waals surface area (Å²) in [5.41, 5.74) is 5.64. The van der Waals surface area contributed by atoms with Crippen LogP contribution in [0.5, 0.6) is 0 Å². The first kappa shape index (κ1) is 57.9. The first-order chi connectivity index (χ1) is 33.6. The van der Waals surface area contributed by atoms with Crippen LogP contribution in [0.15, 0.2) is 120 Å². The van der Waals surface area contributed by atoms with E-state index in [1.165, 1.54) is 0 Å². The molecular formula is C59H67BF10N2O2. The molecule has 0 spiro atoms. The van der Waals surface area contributed by atoms with Gasteiger partial charge in [-0.1, -0.05) is 201 Å². The van der Waals surface area contributed by atoms with Gasteiger partial charge in [0.1, 0.15) is 13.2 Å². The Hall–Kier alpha value is -5.41. The normalized spacial score (nSPS) is 15.4. The van der Waals surface area contributed by atoms with Gasteiger partial charge in [-0.2, -0.15) is 43.9 Å². The third-order valence-electron chi connectivity index (χ3n) is 13.1. The van der Waals surface area contributed by atoms with E-state index in [0.29, 0.717) is 44.8 Å². The number of aromatic nitrogens is 1. The molecule has 0 fully saturated rings. The largest absolute Gasteiger partial charge is 0.598 e. The van der Waals surface area contributed by atoms with E-state index < -0.39 is 55.5 Å². The second-order valence-electron chi connectivity index (χ2n) is 24.3. The van der Waals surface area contributed by atoms with E-state index in [4.69, 9.17) is 14.3 Å². The molecule has 74 heavy (non-hydrogen) atoms. The lowest BCUT2D eigenvalue weighted by molar-refractivity contribution is -0.295. The Kier molecular flexibility index (Phi) is 15.6.